The molecule has 30 heteroatoms. The number of halogens is 3. The van der Waals surface area contributed by atoms with Crippen LogP contribution in [0.2, 0.25) is 0 Å². The van der Waals surface area contributed by atoms with Crippen LogP contribution in [0.3, 0.4) is 0 Å². The number of carbonyl (C=O) groups is 5. The molecule has 3 saturated heterocycles. The first-order valence-corrected chi connectivity index (χ1v) is 47.2. The molecular weight excluding hydrogens is 1670 g/mol. The molecule has 3 fully saturated rings. The normalized spacial score (nSPS) is 18.2. The zero-order chi connectivity index (χ0) is 71.1. The summed E-state index contributed by atoms with van der Waals surface area (Å²) in [6, 6.07) is 45.7. The second-order valence-corrected chi connectivity index (χ2v) is 61.6. The number of rotatable bonds is 11. The first-order chi connectivity index (χ1) is 46.7. The maximum absolute atomic E-state index is 13.4. The third-order valence-electron chi connectivity index (χ3n) is 14.9. The first kappa shape index (κ1) is 78.0. The van der Waals surface area contributed by atoms with Crippen LogP contribution in [-0.4, -0.2) is 172 Å². The van der Waals surface area contributed by atoms with Crippen molar-refractivity contribution in [2.75, 3.05) is 48.7 Å². The summed E-state index contributed by atoms with van der Waals surface area (Å²) in [6.07, 6.45) is 7.77. The standard InChI is InChI=1S/C28H27N5O4S.C16H12N2O4S.C12H17N3O.C6H14N2.C6H5NO2.3HI.V/c1-19-17-32(28(35)24-9-3-4-15-29-24)18-20(2)33(19)27(34)22-11-13-23(14-12-22)31-38(36,37)25-10-5-7-21-8-6-16-30-26(21)25;19-16(20)12-6-8-13(9-7-12)18-23(21,22)14-5-1-3-11-4-2-10-17-15(11)14;1-9-7-15(8-10(2)14-9)12(16)11-5-3-4-6-13-11;1-5-3-7-4-6(2)8-5;8-6(9)5-3-1-2-4-7-5;;;;/h3-16,19-20,31H,17-18H2,1-2H3;1-10,18H,(H,19,20);3-6,9-10,14H,7-8H2,1-2H3;5-8H,3-4H2,1-2H3;1-4H,(H,8,9);3*1H;/q;;;;;;;;+3/p-3. The van der Waals surface area contributed by atoms with Crippen LogP contribution in [0.5, 0.6) is 0 Å². The molecule has 6 unspecified atom stereocenters. The van der Waals surface area contributed by atoms with E-state index < -0.39 is 32.0 Å². The Hall–Kier alpha value is -7.35. The van der Waals surface area contributed by atoms with Gasteiger partial charge in [-0.3, -0.25) is 43.8 Å². The number of para-hydroxylation sites is 2. The number of nitrogens with zero attached hydrogens (tertiary/aromatic N) is 8. The molecule has 8 heterocycles. The number of carboxylic acids is 2. The van der Waals surface area contributed by atoms with E-state index in [1.54, 1.807) is 138 Å². The molecule has 4 aromatic carbocycles. The SMILES string of the molecule is CC1CN(C(=O)c2ccccn2)CC(C)N1.CC1CN(C(=O)c2ccccn2)CC(C)N1C(=O)c1ccc(NS(=O)(=O)c2cccc3cccnc23)cc1.CC1CNCC(C)N1.O=C(O)c1ccc(NS(=O)(=O)c2cccc3cccnc23)cc1.O=C(O)c1ccccn1.[I][V]([I])[I]. The van der Waals surface area contributed by atoms with Crippen molar-refractivity contribution in [2.45, 2.75) is 87.6 Å². The number of nitrogens with one attached hydrogen (secondary N) is 5. The van der Waals surface area contributed by atoms with E-state index >= 15 is 0 Å². The molecule has 12 rings (SSSR count). The Kier molecular flexibility index (Phi) is 30.0. The number of carbonyl (C=O) groups excluding carboxylic acids is 3. The fourth-order valence-electron chi connectivity index (χ4n) is 10.8. The molecule has 0 saturated carbocycles. The number of aromatic nitrogens is 5. The summed E-state index contributed by atoms with van der Waals surface area (Å²) in [7, 11) is -7.73. The zero-order valence-electron chi connectivity index (χ0n) is 54.2. The average molecular weight is 1750 g/mol. The molecule has 3 aliphatic rings. The Morgan fingerprint density at radius 1 is 0.439 bits per heavy atom. The molecule has 0 bridgehead atoms. The molecule has 516 valence electrons. The predicted molar refractivity (Wildman–Crippen MR) is 401 cm³/mol. The van der Waals surface area contributed by atoms with Gasteiger partial charge in [0.25, 0.3) is 37.8 Å². The molecule has 5 aromatic heterocycles. The topological polar surface area (TPSA) is 328 Å². The number of benzene rings is 4. The van der Waals surface area contributed by atoms with Gasteiger partial charge in [0, 0.05) is 134 Å². The number of amides is 3. The molecule has 6 atom stereocenters. The first-order valence-electron chi connectivity index (χ1n) is 30.8. The molecule has 0 radical (unpaired) electrons. The minimum absolute atomic E-state index is 0.0285. The molecule has 24 nitrogen and oxygen atoms in total. The van der Waals surface area contributed by atoms with E-state index in [-0.39, 0.29) is 61.5 Å². The number of pyridine rings is 5. The van der Waals surface area contributed by atoms with Gasteiger partial charge in [0.1, 0.15) is 26.9 Å². The van der Waals surface area contributed by atoms with Crippen LogP contribution in [0.1, 0.15) is 93.7 Å². The van der Waals surface area contributed by atoms with Crippen molar-refractivity contribution in [3.8, 4) is 0 Å². The number of hydrogen-bond donors (Lipinski definition) is 7. The number of sulfonamides is 2. The van der Waals surface area contributed by atoms with E-state index in [4.69, 9.17) is 10.2 Å². The maximum atomic E-state index is 13.4. The monoisotopic (exact) mass is 1750 g/mol. The van der Waals surface area contributed by atoms with Gasteiger partial charge in [-0.15, -0.1) is 0 Å². The van der Waals surface area contributed by atoms with E-state index in [2.05, 4.69) is 138 Å². The molecular formula is C68H75I3N13O11S2V. The van der Waals surface area contributed by atoms with Gasteiger partial charge < -0.3 is 40.9 Å². The van der Waals surface area contributed by atoms with Crippen molar-refractivity contribution in [3.05, 3.63) is 223 Å². The van der Waals surface area contributed by atoms with Crippen LogP contribution in [0.15, 0.2) is 205 Å². The van der Waals surface area contributed by atoms with Crippen LogP contribution in [0.25, 0.3) is 21.8 Å². The number of piperazine rings is 3. The minimum atomic E-state index is -3.90. The second-order valence-electron chi connectivity index (χ2n) is 22.9. The number of hydrogen-bond acceptors (Lipinski definition) is 17. The molecule has 0 spiro atoms. The average Bonchev–Trinajstić information content (AvgIpc) is 0.803. The van der Waals surface area contributed by atoms with Gasteiger partial charge in [-0.05, 0) is 151 Å². The molecule has 0 aliphatic carbocycles. The third kappa shape index (κ3) is 23.4. The number of carboxylic acid groups (broad SMARTS) is 2. The van der Waals surface area contributed by atoms with Crippen molar-refractivity contribution in [1.29, 1.82) is 0 Å². The number of aromatic carboxylic acids is 2. The summed E-state index contributed by atoms with van der Waals surface area (Å²) in [5.74, 6) is -2.37. The van der Waals surface area contributed by atoms with Crippen molar-refractivity contribution >= 4 is 143 Å². The summed E-state index contributed by atoms with van der Waals surface area (Å²) in [6.45, 7) is 16.9. The predicted octanol–water partition coefficient (Wildman–Crippen LogP) is 10.8. The van der Waals surface area contributed by atoms with Gasteiger partial charge in [0.15, 0.2) is 0 Å². The van der Waals surface area contributed by atoms with E-state index in [1.807, 2.05) is 30.9 Å². The second kappa shape index (κ2) is 37.7. The van der Waals surface area contributed by atoms with Crippen molar-refractivity contribution < 1.29 is 55.9 Å². The fraction of sp³-hybridized carbons (Fsp3) is 0.265. The molecule has 3 amide bonds. The van der Waals surface area contributed by atoms with E-state index in [1.165, 1.54) is 54.9 Å². The Bertz CT molecular complexity index is 4320. The quantitative estimate of drug-likeness (QED) is 0.0592. The van der Waals surface area contributed by atoms with E-state index in [0.29, 0.717) is 70.9 Å². The van der Waals surface area contributed by atoms with Gasteiger partial charge >= 0.3 is 76.8 Å². The summed E-state index contributed by atoms with van der Waals surface area (Å²) < 4.78 is 56.3. The zero-order valence-corrected chi connectivity index (χ0v) is 63.7. The summed E-state index contributed by atoms with van der Waals surface area (Å²) in [4.78, 5) is 84.8. The van der Waals surface area contributed by atoms with Gasteiger partial charge in [-0.2, -0.15) is 0 Å². The third-order valence-corrected chi connectivity index (χ3v) is 17.8. The van der Waals surface area contributed by atoms with Crippen LogP contribution >= 0.6 is 59.9 Å². The number of anilines is 2. The van der Waals surface area contributed by atoms with Crippen LogP contribution in [0.4, 0.5) is 11.4 Å². The number of fused-ring (bicyclic) bond motifs is 2. The van der Waals surface area contributed by atoms with Crippen molar-refractivity contribution in [1.82, 2.24) is 55.6 Å². The van der Waals surface area contributed by atoms with E-state index in [0.717, 1.165) is 37.0 Å². The van der Waals surface area contributed by atoms with Gasteiger partial charge in [0.05, 0.1) is 16.6 Å². The van der Waals surface area contributed by atoms with Crippen LogP contribution in [0, 0.1) is 0 Å². The van der Waals surface area contributed by atoms with Gasteiger partial charge in [-0.25, -0.2) is 31.4 Å². The van der Waals surface area contributed by atoms with Crippen molar-refractivity contribution in [2.24, 2.45) is 0 Å². The Labute approximate surface area is 607 Å². The molecule has 7 N–H and O–H groups in total. The molecule has 9 aromatic rings. The summed E-state index contributed by atoms with van der Waals surface area (Å²) in [5.41, 5.74) is 2.89. The molecule has 3 aliphatic heterocycles. The van der Waals surface area contributed by atoms with Crippen molar-refractivity contribution in [3.63, 3.8) is 0 Å². The van der Waals surface area contributed by atoms with Gasteiger partial charge in [-0.1, -0.05) is 54.6 Å². The van der Waals surface area contributed by atoms with E-state index in [9.17, 15) is 40.8 Å². The Balaban J connectivity index is 0.000000190. The Morgan fingerprint density at radius 3 is 1.16 bits per heavy atom. The van der Waals surface area contributed by atoms with Crippen LogP contribution < -0.4 is 25.4 Å². The fourth-order valence-corrected chi connectivity index (χ4v) is 13.3. The van der Waals surface area contributed by atoms with Crippen LogP contribution in [-0.2, 0) is 25.0 Å². The Morgan fingerprint density at radius 2 is 0.806 bits per heavy atom. The molecule has 98 heavy (non-hydrogen) atoms. The summed E-state index contributed by atoms with van der Waals surface area (Å²) in [5, 5.41) is 28.8. The summed E-state index contributed by atoms with van der Waals surface area (Å²) >= 11 is 7.39. The van der Waals surface area contributed by atoms with Gasteiger partial charge in [0.2, 0.25) is 0 Å².